The Kier molecular flexibility index (Phi) is 2.34. The molecule has 18 heavy (non-hydrogen) atoms. The van der Waals surface area contributed by atoms with E-state index in [0.717, 1.165) is 0 Å². The summed E-state index contributed by atoms with van der Waals surface area (Å²) in [4.78, 5) is 24.1. The molecular formula is C14H20O4. The Bertz CT molecular complexity index is 432. The second-order valence-corrected chi connectivity index (χ2v) is 6.42. The molecule has 4 heteroatoms. The zero-order chi connectivity index (χ0) is 13.3. The Hall–Kier alpha value is -0.740. The van der Waals surface area contributed by atoms with E-state index in [1.807, 2.05) is 13.8 Å². The van der Waals surface area contributed by atoms with Crippen LogP contribution in [0.25, 0.3) is 0 Å². The van der Waals surface area contributed by atoms with Crippen molar-refractivity contribution in [2.75, 3.05) is 0 Å². The van der Waals surface area contributed by atoms with Crippen LogP contribution in [0.1, 0.15) is 40.0 Å². The second-order valence-electron chi connectivity index (χ2n) is 6.42. The average Bonchev–Trinajstić information content (AvgIpc) is 2.99. The predicted molar refractivity (Wildman–Crippen MR) is 63.9 cm³/mol. The molecule has 2 saturated carbocycles. The molecule has 1 aliphatic heterocycles. The van der Waals surface area contributed by atoms with Crippen LogP contribution in [0, 0.1) is 17.3 Å². The Morgan fingerprint density at radius 3 is 2.78 bits per heavy atom. The summed E-state index contributed by atoms with van der Waals surface area (Å²) in [5.41, 5.74) is -0.883. The topological polar surface area (TPSA) is 66.9 Å². The molecule has 1 saturated heterocycles. The largest absolute Gasteiger partial charge is 0.390 e. The summed E-state index contributed by atoms with van der Waals surface area (Å²) < 4.78 is 5.83. The minimum absolute atomic E-state index is 0.0492. The molecule has 2 aliphatic carbocycles. The standard InChI is InChI=1S/C14H20O4/c1-7-6-10(17)12-14(18-12)5-4-9(16)11(8(2)15)13(7,14)3/h7,10-12,17H,4-6H2,1-3H3/t7-,10+,11-,12-,13-,14-/m0/s1. The van der Waals surface area contributed by atoms with Gasteiger partial charge in [0.2, 0.25) is 0 Å². The summed E-state index contributed by atoms with van der Waals surface area (Å²) in [5.74, 6) is -0.449. The number of carbonyl (C=O) groups is 2. The van der Waals surface area contributed by atoms with Gasteiger partial charge in [-0.05, 0) is 25.7 Å². The number of rotatable bonds is 1. The molecule has 6 atom stereocenters. The van der Waals surface area contributed by atoms with E-state index in [1.54, 1.807) is 0 Å². The monoisotopic (exact) mass is 252 g/mol. The van der Waals surface area contributed by atoms with Gasteiger partial charge in [0.1, 0.15) is 23.3 Å². The maximum absolute atomic E-state index is 12.1. The molecule has 3 fully saturated rings. The van der Waals surface area contributed by atoms with Crippen molar-refractivity contribution in [3.63, 3.8) is 0 Å². The zero-order valence-electron chi connectivity index (χ0n) is 11.1. The van der Waals surface area contributed by atoms with E-state index in [-0.39, 0.29) is 23.6 Å². The second kappa shape index (κ2) is 3.42. The van der Waals surface area contributed by atoms with Gasteiger partial charge in [-0.2, -0.15) is 0 Å². The summed E-state index contributed by atoms with van der Waals surface area (Å²) >= 11 is 0. The van der Waals surface area contributed by atoms with Gasteiger partial charge in [-0.25, -0.2) is 0 Å². The highest BCUT2D eigenvalue weighted by atomic mass is 16.6. The first-order valence-electron chi connectivity index (χ1n) is 6.73. The third kappa shape index (κ3) is 1.18. The summed E-state index contributed by atoms with van der Waals surface area (Å²) in [6.07, 6.45) is 1.04. The Balaban J connectivity index is 2.08. The molecule has 0 aromatic carbocycles. The lowest BCUT2D eigenvalue weighted by Gasteiger charge is -2.51. The Labute approximate surface area is 107 Å². The molecule has 0 bridgehead atoms. The van der Waals surface area contributed by atoms with Crippen LogP contribution in [0.15, 0.2) is 0 Å². The first-order chi connectivity index (χ1) is 8.34. The van der Waals surface area contributed by atoms with E-state index in [9.17, 15) is 14.7 Å². The van der Waals surface area contributed by atoms with Crippen LogP contribution in [0.4, 0.5) is 0 Å². The molecule has 0 aromatic rings. The fourth-order valence-corrected chi connectivity index (χ4v) is 4.60. The van der Waals surface area contributed by atoms with Crippen molar-refractivity contribution in [1.29, 1.82) is 0 Å². The zero-order valence-corrected chi connectivity index (χ0v) is 11.1. The summed E-state index contributed by atoms with van der Waals surface area (Å²) in [6, 6.07) is 0. The van der Waals surface area contributed by atoms with Crippen LogP contribution < -0.4 is 0 Å². The minimum atomic E-state index is -0.557. The lowest BCUT2D eigenvalue weighted by molar-refractivity contribution is -0.151. The van der Waals surface area contributed by atoms with Crippen molar-refractivity contribution >= 4 is 11.6 Å². The van der Waals surface area contributed by atoms with Crippen molar-refractivity contribution in [3.8, 4) is 0 Å². The van der Waals surface area contributed by atoms with Gasteiger partial charge in [-0.3, -0.25) is 9.59 Å². The summed E-state index contributed by atoms with van der Waals surface area (Å²) in [7, 11) is 0. The molecular weight excluding hydrogens is 232 g/mol. The van der Waals surface area contributed by atoms with Gasteiger partial charge in [0, 0.05) is 11.8 Å². The Morgan fingerprint density at radius 1 is 1.50 bits per heavy atom. The van der Waals surface area contributed by atoms with Gasteiger partial charge in [-0.1, -0.05) is 13.8 Å². The first-order valence-corrected chi connectivity index (χ1v) is 6.73. The maximum Gasteiger partial charge on any atom is 0.144 e. The van der Waals surface area contributed by atoms with Crippen molar-refractivity contribution in [3.05, 3.63) is 0 Å². The lowest BCUT2D eigenvalue weighted by Crippen LogP contribution is -2.60. The molecule has 100 valence electrons. The van der Waals surface area contributed by atoms with Gasteiger partial charge < -0.3 is 9.84 Å². The summed E-state index contributed by atoms with van der Waals surface area (Å²) in [6.45, 7) is 5.53. The highest BCUT2D eigenvalue weighted by Crippen LogP contribution is 2.67. The number of aliphatic hydroxyl groups is 1. The van der Waals surface area contributed by atoms with E-state index in [4.69, 9.17) is 4.74 Å². The highest BCUT2D eigenvalue weighted by Gasteiger charge is 2.77. The third-order valence-corrected chi connectivity index (χ3v) is 5.69. The van der Waals surface area contributed by atoms with Crippen LogP contribution in [0.5, 0.6) is 0 Å². The highest BCUT2D eigenvalue weighted by molar-refractivity contribution is 6.03. The number of ketones is 2. The van der Waals surface area contributed by atoms with Crippen LogP contribution in [0.2, 0.25) is 0 Å². The van der Waals surface area contributed by atoms with Crippen LogP contribution >= 0.6 is 0 Å². The van der Waals surface area contributed by atoms with Crippen molar-refractivity contribution in [1.82, 2.24) is 0 Å². The number of hydrogen-bond donors (Lipinski definition) is 1. The number of ether oxygens (including phenoxy) is 1. The fourth-order valence-electron chi connectivity index (χ4n) is 4.60. The van der Waals surface area contributed by atoms with Crippen LogP contribution in [0.3, 0.4) is 0 Å². The van der Waals surface area contributed by atoms with Crippen molar-refractivity contribution in [2.45, 2.75) is 57.8 Å². The van der Waals surface area contributed by atoms with Crippen molar-refractivity contribution < 1.29 is 19.4 Å². The smallest absolute Gasteiger partial charge is 0.144 e. The van der Waals surface area contributed by atoms with Crippen LogP contribution in [-0.2, 0) is 14.3 Å². The number of epoxide rings is 1. The van der Waals surface area contributed by atoms with E-state index >= 15 is 0 Å². The van der Waals surface area contributed by atoms with E-state index in [1.165, 1.54) is 6.92 Å². The van der Waals surface area contributed by atoms with Crippen molar-refractivity contribution in [2.24, 2.45) is 17.3 Å². The predicted octanol–water partition coefficient (Wildman–Crippen LogP) is 1.10. The quantitative estimate of drug-likeness (QED) is 0.560. The fraction of sp³-hybridized carbons (Fsp3) is 0.857. The molecule has 0 radical (unpaired) electrons. The number of Topliss-reactive ketones (excluding diaryl/α,β-unsaturated/α-hetero) is 2. The molecule has 0 amide bonds. The van der Waals surface area contributed by atoms with Gasteiger partial charge in [0.25, 0.3) is 0 Å². The maximum atomic E-state index is 12.1. The summed E-state index contributed by atoms with van der Waals surface area (Å²) in [5, 5.41) is 10.0. The van der Waals surface area contributed by atoms with Gasteiger partial charge in [0.05, 0.1) is 12.0 Å². The van der Waals surface area contributed by atoms with Crippen LogP contribution in [-0.4, -0.2) is 34.5 Å². The molecule has 3 rings (SSSR count). The normalized spacial score (nSPS) is 54.6. The number of aliphatic hydroxyl groups excluding tert-OH is 1. The van der Waals surface area contributed by atoms with Gasteiger partial charge >= 0.3 is 0 Å². The molecule has 0 unspecified atom stereocenters. The lowest BCUT2D eigenvalue weighted by atomic mass is 9.49. The number of carbonyl (C=O) groups excluding carboxylic acids is 2. The SMILES string of the molecule is CC(=O)[C@H]1C(=O)CC[C@]23O[C@H]2[C@H](O)C[C@H](C)[C@@]13C. The molecule has 0 aromatic heterocycles. The molecule has 4 nitrogen and oxygen atoms in total. The minimum Gasteiger partial charge on any atom is -0.390 e. The molecule has 3 aliphatic rings. The van der Waals surface area contributed by atoms with Gasteiger partial charge in [0.15, 0.2) is 0 Å². The molecule has 1 N–H and O–H groups in total. The van der Waals surface area contributed by atoms with E-state index in [2.05, 4.69) is 0 Å². The van der Waals surface area contributed by atoms with E-state index < -0.39 is 23.0 Å². The Morgan fingerprint density at radius 2 is 2.17 bits per heavy atom. The average molecular weight is 252 g/mol. The van der Waals surface area contributed by atoms with Gasteiger partial charge in [-0.15, -0.1) is 0 Å². The van der Waals surface area contributed by atoms with E-state index in [0.29, 0.717) is 19.3 Å². The molecule has 1 heterocycles. The number of hydrogen-bond acceptors (Lipinski definition) is 4. The molecule has 1 spiro atoms. The third-order valence-electron chi connectivity index (χ3n) is 5.69. The first kappa shape index (κ1) is 12.3.